The van der Waals surface area contributed by atoms with Gasteiger partial charge in [-0.05, 0) is 37.5 Å². The molecule has 19 heavy (non-hydrogen) atoms. The average molecular weight is 266 g/mol. The summed E-state index contributed by atoms with van der Waals surface area (Å²) in [5, 5.41) is 9.41. The van der Waals surface area contributed by atoms with E-state index in [4.69, 9.17) is 5.73 Å². The molecule has 1 aromatic carbocycles. The molecule has 3 N–H and O–H groups in total. The molecule has 0 spiro atoms. The summed E-state index contributed by atoms with van der Waals surface area (Å²) in [4.78, 5) is 13.0. The third-order valence-electron chi connectivity index (χ3n) is 3.69. The van der Waals surface area contributed by atoms with E-state index in [9.17, 15) is 14.3 Å². The highest BCUT2D eigenvalue weighted by molar-refractivity contribution is 5.77. The van der Waals surface area contributed by atoms with Crippen molar-refractivity contribution in [2.75, 3.05) is 18.0 Å². The molecule has 5 heteroatoms. The fourth-order valence-electron chi connectivity index (χ4n) is 2.44. The third kappa shape index (κ3) is 3.04. The van der Waals surface area contributed by atoms with Crippen molar-refractivity contribution in [1.82, 2.24) is 0 Å². The van der Waals surface area contributed by atoms with Crippen LogP contribution in [0.5, 0.6) is 0 Å². The lowest BCUT2D eigenvalue weighted by Crippen LogP contribution is -2.38. The van der Waals surface area contributed by atoms with Crippen LogP contribution in [0.15, 0.2) is 18.2 Å². The summed E-state index contributed by atoms with van der Waals surface area (Å²) in [6.07, 6.45) is 0.643. The first-order valence-corrected chi connectivity index (χ1v) is 6.51. The van der Waals surface area contributed by atoms with Gasteiger partial charge in [-0.25, -0.2) is 4.39 Å². The monoisotopic (exact) mass is 266 g/mol. The van der Waals surface area contributed by atoms with Gasteiger partial charge in [0, 0.05) is 19.0 Å². The van der Waals surface area contributed by atoms with E-state index in [1.54, 1.807) is 19.1 Å². The van der Waals surface area contributed by atoms with Crippen molar-refractivity contribution in [3.05, 3.63) is 29.6 Å². The van der Waals surface area contributed by atoms with E-state index in [-0.39, 0.29) is 17.6 Å². The van der Waals surface area contributed by atoms with Crippen LogP contribution in [0.1, 0.15) is 31.4 Å². The highest BCUT2D eigenvalue weighted by Crippen LogP contribution is 2.27. The SMILES string of the molecule is C[C@H](O)c1ccc(N2CCC(C(N)=O)CC2)c(F)c1. The molecule has 1 aliphatic rings. The molecule has 1 heterocycles. The Bertz CT molecular complexity index is 469. The van der Waals surface area contributed by atoms with Crippen molar-refractivity contribution in [2.24, 2.45) is 11.7 Å². The number of aliphatic hydroxyl groups excluding tert-OH is 1. The van der Waals surface area contributed by atoms with Gasteiger partial charge >= 0.3 is 0 Å². The number of hydrogen-bond acceptors (Lipinski definition) is 3. The van der Waals surface area contributed by atoms with Gasteiger partial charge in [-0.2, -0.15) is 0 Å². The number of piperidine rings is 1. The second-order valence-corrected chi connectivity index (χ2v) is 5.05. The largest absolute Gasteiger partial charge is 0.389 e. The summed E-state index contributed by atoms with van der Waals surface area (Å²) in [5.41, 5.74) is 6.36. The number of hydrogen-bond donors (Lipinski definition) is 2. The second kappa shape index (κ2) is 5.57. The summed E-state index contributed by atoms with van der Waals surface area (Å²) >= 11 is 0. The zero-order chi connectivity index (χ0) is 14.0. The Balaban J connectivity index is 2.09. The maximum Gasteiger partial charge on any atom is 0.220 e. The van der Waals surface area contributed by atoms with Crippen molar-refractivity contribution in [2.45, 2.75) is 25.9 Å². The number of nitrogens with zero attached hydrogens (tertiary/aromatic N) is 1. The predicted octanol–water partition coefficient (Wildman–Crippen LogP) is 1.58. The van der Waals surface area contributed by atoms with Crippen molar-refractivity contribution in [3.8, 4) is 0 Å². The number of carbonyl (C=O) groups is 1. The lowest BCUT2D eigenvalue weighted by Gasteiger charge is -2.32. The molecule has 2 rings (SSSR count). The summed E-state index contributed by atoms with van der Waals surface area (Å²) < 4.78 is 14.0. The first kappa shape index (κ1) is 13.8. The molecule has 1 fully saturated rings. The van der Waals surface area contributed by atoms with Gasteiger partial charge in [0.2, 0.25) is 5.91 Å². The molecule has 4 nitrogen and oxygen atoms in total. The van der Waals surface area contributed by atoms with Crippen molar-refractivity contribution in [1.29, 1.82) is 0 Å². The van der Waals surface area contributed by atoms with Gasteiger partial charge < -0.3 is 15.7 Å². The zero-order valence-electron chi connectivity index (χ0n) is 11.0. The zero-order valence-corrected chi connectivity index (χ0v) is 11.0. The molecule has 0 aromatic heterocycles. The third-order valence-corrected chi connectivity index (χ3v) is 3.69. The van der Waals surface area contributed by atoms with E-state index >= 15 is 0 Å². The van der Waals surface area contributed by atoms with E-state index in [0.717, 1.165) is 0 Å². The number of primary amides is 1. The fourth-order valence-corrected chi connectivity index (χ4v) is 2.44. The van der Waals surface area contributed by atoms with Gasteiger partial charge in [-0.1, -0.05) is 6.07 Å². The quantitative estimate of drug-likeness (QED) is 0.873. The first-order valence-electron chi connectivity index (χ1n) is 6.51. The normalized spacial score (nSPS) is 18.4. The standard InChI is InChI=1S/C14H19FN2O2/c1-9(18)11-2-3-13(12(15)8-11)17-6-4-10(5-7-17)14(16)19/h2-3,8-10,18H,4-7H2,1H3,(H2,16,19)/t9-/m0/s1. The minimum absolute atomic E-state index is 0.101. The van der Waals surface area contributed by atoms with Gasteiger partial charge in [-0.15, -0.1) is 0 Å². The van der Waals surface area contributed by atoms with E-state index in [0.29, 0.717) is 37.2 Å². The molecular weight excluding hydrogens is 247 g/mol. The lowest BCUT2D eigenvalue weighted by atomic mass is 9.95. The van der Waals surface area contributed by atoms with Crippen LogP contribution in [0.2, 0.25) is 0 Å². The van der Waals surface area contributed by atoms with E-state index in [1.807, 2.05) is 4.90 Å². The maximum absolute atomic E-state index is 14.0. The van der Waals surface area contributed by atoms with Crippen LogP contribution in [0.3, 0.4) is 0 Å². The van der Waals surface area contributed by atoms with E-state index < -0.39 is 6.10 Å². The van der Waals surface area contributed by atoms with Crippen molar-refractivity contribution in [3.63, 3.8) is 0 Å². The van der Waals surface area contributed by atoms with Gasteiger partial charge in [-0.3, -0.25) is 4.79 Å². The molecular formula is C14H19FN2O2. The Kier molecular flexibility index (Phi) is 4.04. The number of anilines is 1. The van der Waals surface area contributed by atoms with Crippen molar-refractivity contribution < 1.29 is 14.3 Å². The molecule has 0 bridgehead atoms. The van der Waals surface area contributed by atoms with Crippen LogP contribution in [-0.2, 0) is 4.79 Å². The lowest BCUT2D eigenvalue weighted by molar-refractivity contribution is -0.122. The molecule has 1 aliphatic heterocycles. The molecule has 1 atom stereocenters. The molecule has 1 amide bonds. The molecule has 0 saturated carbocycles. The van der Waals surface area contributed by atoms with Crippen LogP contribution in [0, 0.1) is 11.7 Å². The number of rotatable bonds is 3. The summed E-state index contributed by atoms with van der Waals surface area (Å²) in [6.45, 7) is 2.85. The number of halogens is 1. The van der Waals surface area contributed by atoms with Gasteiger partial charge in [0.15, 0.2) is 0 Å². The number of benzene rings is 1. The Labute approximate surface area is 112 Å². The van der Waals surface area contributed by atoms with Crippen LogP contribution < -0.4 is 10.6 Å². The minimum Gasteiger partial charge on any atom is -0.389 e. The van der Waals surface area contributed by atoms with Gasteiger partial charge in [0.25, 0.3) is 0 Å². The minimum atomic E-state index is -0.677. The summed E-state index contributed by atoms with van der Waals surface area (Å²) in [5.74, 6) is -0.712. The second-order valence-electron chi connectivity index (χ2n) is 5.05. The number of carbonyl (C=O) groups excluding carboxylic acids is 1. The number of amides is 1. The molecule has 0 aliphatic carbocycles. The first-order chi connectivity index (χ1) is 8.99. The van der Waals surface area contributed by atoms with Gasteiger partial charge in [0.1, 0.15) is 5.82 Å². The van der Waals surface area contributed by atoms with Crippen LogP contribution in [0.25, 0.3) is 0 Å². The van der Waals surface area contributed by atoms with Gasteiger partial charge in [0.05, 0.1) is 11.8 Å². The number of nitrogens with two attached hydrogens (primary N) is 1. The highest BCUT2D eigenvalue weighted by atomic mass is 19.1. The molecule has 1 saturated heterocycles. The maximum atomic E-state index is 14.0. The van der Waals surface area contributed by atoms with Crippen LogP contribution in [-0.4, -0.2) is 24.1 Å². The Hall–Kier alpha value is -1.62. The molecule has 0 unspecified atom stereocenters. The fraction of sp³-hybridized carbons (Fsp3) is 0.500. The smallest absolute Gasteiger partial charge is 0.220 e. The van der Waals surface area contributed by atoms with Crippen molar-refractivity contribution >= 4 is 11.6 Å². The Morgan fingerprint density at radius 2 is 2.11 bits per heavy atom. The average Bonchev–Trinajstić information content (AvgIpc) is 2.38. The highest BCUT2D eigenvalue weighted by Gasteiger charge is 2.24. The molecule has 0 radical (unpaired) electrons. The molecule has 104 valence electrons. The number of aliphatic hydroxyl groups is 1. The van der Waals surface area contributed by atoms with E-state index in [2.05, 4.69) is 0 Å². The molecule has 1 aromatic rings. The predicted molar refractivity (Wildman–Crippen MR) is 71.2 cm³/mol. The summed E-state index contributed by atoms with van der Waals surface area (Å²) in [6, 6.07) is 4.77. The Morgan fingerprint density at radius 3 is 2.58 bits per heavy atom. The van der Waals surface area contributed by atoms with Crippen LogP contribution in [0.4, 0.5) is 10.1 Å². The summed E-state index contributed by atoms with van der Waals surface area (Å²) in [7, 11) is 0. The topological polar surface area (TPSA) is 66.6 Å². The Morgan fingerprint density at radius 1 is 1.47 bits per heavy atom. The van der Waals surface area contributed by atoms with Crippen LogP contribution >= 0.6 is 0 Å². The van der Waals surface area contributed by atoms with E-state index in [1.165, 1.54) is 6.07 Å².